The lowest BCUT2D eigenvalue weighted by Crippen LogP contribution is -2.48. The zero-order valence-electron chi connectivity index (χ0n) is 38.5. The van der Waals surface area contributed by atoms with Crippen molar-refractivity contribution in [1.82, 2.24) is 0 Å². The van der Waals surface area contributed by atoms with Crippen molar-refractivity contribution < 1.29 is 42.7 Å². The van der Waals surface area contributed by atoms with Crippen LogP contribution < -0.4 is 4.74 Å². The van der Waals surface area contributed by atoms with Gasteiger partial charge in [0.15, 0.2) is 20.4 Å². The van der Waals surface area contributed by atoms with E-state index in [0.29, 0.717) is 25.6 Å². The summed E-state index contributed by atoms with van der Waals surface area (Å²) in [7, 11) is 1.23. The summed E-state index contributed by atoms with van der Waals surface area (Å²) in [4.78, 5) is 0. The number of rotatable bonds is 21. The van der Waals surface area contributed by atoms with Crippen LogP contribution in [0, 0.1) is 17.8 Å². The van der Waals surface area contributed by atoms with Gasteiger partial charge in [-0.15, -0.1) is 0 Å². The fraction of sp³-hybridized carbons (Fsp3) is 0.755. The number of aliphatic hydroxyl groups is 1. The topological polar surface area (TPSA) is 94.1 Å². The summed E-state index contributed by atoms with van der Waals surface area (Å²) in [5.74, 6) is 1.17. The minimum Gasteiger partial charge on any atom is -0.497 e. The number of fused-ring (bicyclic) bond motifs is 1. The van der Waals surface area contributed by atoms with E-state index in [1.165, 1.54) is 12.8 Å². The molecule has 9 nitrogen and oxygen atoms in total. The quantitative estimate of drug-likeness (QED) is 0.0562. The second-order valence-electron chi connectivity index (χ2n) is 19.6. The zero-order chi connectivity index (χ0) is 42.8. The molecule has 2 saturated carbocycles. The Kier molecular flexibility index (Phi) is 17.9. The number of hydrogen-bond acceptors (Lipinski definition) is 9. The molecule has 4 aliphatic rings. The minimum atomic E-state index is -2.20. The Hall–Kier alpha value is -1.86. The monoisotopic (exact) mass is 841 g/mol. The van der Waals surface area contributed by atoms with Crippen molar-refractivity contribution in [1.29, 1.82) is 0 Å². The summed E-state index contributed by atoms with van der Waals surface area (Å²) < 4.78 is 50.5. The molecule has 0 bridgehead atoms. The molecular weight excluding hydrogens is 761 g/mol. The molecule has 2 unspecified atom stereocenters. The molecule has 2 heterocycles. The zero-order valence-corrected chi connectivity index (χ0v) is 39.5. The Morgan fingerprint density at radius 3 is 2.22 bits per heavy atom. The van der Waals surface area contributed by atoms with Crippen LogP contribution in [-0.2, 0) is 39.5 Å². The summed E-state index contributed by atoms with van der Waals surface area (Å²) in [5, 5.41) is 11.8. The van der Waals surface area contributed by atoms with Crippen molar-refractivity contribution in [2.45, 2.75) is 193 Å². The number of ether oxygens (including phenoxy) is 7. The molecule has 0 aromatic heterocycles. The van der Waals surface area contributed by atoms with Crippen molar-refractivity contribution in [3.63, 3.8) is 0 Å². The van der Waals surface area contributed by atoms with Gasteiger partial charge in [-0.3, -0.25) is 0 Å². The van der Waals surface area contributed by atoms with Crippen LogP contribution in [0.1, 0.15) is 125 Å². The maximum atomic E-state index is 11.8. The first-order valence-electron chi connectivity index (χ1n) is 22.8. The highest BCUT2D eigenvalue weighted by Crippen LogP contribution is 2.49. The lowest BCUT2D eigenvalue weighted by Gasteiger charge is -2.43. The number of allylic oxidation sites excluding steroid dienone is 2. The largest absolute Gasteiger partial charge is 0.497 e. The van der Waals surface area contributed by atoms with E-state index in [1.54, 1.807) is 14.2 Å². The third-order valence-corrected chi connectivity index (χ3v) is 18.5. The molecule has 1 aromatic rings. The fourth-order valence-corrected chi connectivity index (χ4v) is 10.5. The molecule has 2 aliphatic heterocycles. The van der Waals surface area contributed by atoms with E-state index < -0.39 is 14.4 Å². The molecule has 10 heteroatoms. The Bertz CT molecular complexity index is 1490. The van der Waals surface area contributed by atoms with Crippen molar-refractivity contribution >= 4 is 8.32 Å². The van der Waals surface area contributed by atoms with Gasteiger partial charge >= 0.3 is 0 Å². The van der Waals surface area contributed by atoms with E-state index in [4.69, 9.17) is 37.6 Å². The van der Waals surface area contributed by atoms with Crippen LogP contribution in [0.15, 0.2) is 59.7 Å². The maximum Gasteiger partial charge on any atom is 0.192 e. The van der Waals surface area contributed by atoms with Gasteiger partial charge in [-0.2, -0.15) is 0 Å². The van der Waals surface area contributed by atoms with Gasteiger partial charge in [0.25, 0.3) is 0 Å². The van der Waals surface area contributed by atoms with Crippen LogP contribution in [0.2, 0.25) is 18.1 Å². The lowest BCUT2D eigenvalue weighted by molar-refractivity contribution is -0.200. The number of benzene rings is 1. The molecule has 4 fully saturated rings. The number of methoxy groups -OCH3 is 2. The van der Waals surface area contributed by atoms with E-state index in [0.717, 1.165) is 80.4 Å². The number of aliphatic hydroxyl groups excluding tert-OH is 1. The van der Waals surface area contributed by atoms with Gasteiger partial charge in [0.1, 0.15) is 5.75 Å². The van der Waals surface area contributed by atoms with Gasteiger partial charge in [-0.1, -0.05) is 71.1 Å². The Morgan fingerprint density at radius 2 is 1.63 bits per heavy atom. The van der Waals surface area contributed by atoms with Crippen LogP contribution in [0.4, 0.5) is 0 Å². The smallest absolute Gasteiger partial charge is 0.192 e. The van der Waals surface area contributed by atoms with Crippen molar-refractivity contribution in [3.8, 4) is 5.75 Å². The summed E-state index contributed by atoms with van der Waals surface area (Å²) in [6, 6.07) is 7.93. The lowest BCUT2D eigenvalue weighted by atomic mass is 9.88. The fourth-order valence-electron chi connectivity index (χ4n) is 9.13. The molecular formula is C49H80O9Si. The van der Waals surface area contributed by atoms with Crippen LogP contribution in [-0.4, -0.2) is 89.6 Å². The first-order valence-corrected chi connectivity index (χ1v) is 25.7. The average Bonchev–Trinajstić information content (AvgIpc) is 3.91. The molecule has 2 aliphatic carbocycles. The Morgan fingerprint density at radius 1 is 0.949 bits per heavy atom. The first-order chi connectivity index (χ1) is 28.0. The standard InChI is InChI=1S/C49H80O9Si/c1-34(17-16-18-35(2)42(55-46-19-12-15-27-54-46)29-39-30-44-45(31-39)57-49(56-44)25-13-14-26-49)41(50)32-43(58-59(10,11)48(5,6)7)37(4)47(52-9)36(3)24-28-53-33-38-20-22-40(51-8)23-21-38/h16-18,20-24,35,37,39,41-47,50H,12-15,19,25-33H2,1-11H3/b18-16+,34-17+,36-24+/t35-,37+,39?,41+,42-,43+,44-,45+,46?,47+/m1/s1. The molecule has 334 valence electrons. The van der Waals surface area contributed by atoms with Crippen LogP contribution in [0.5, 0.6) is 5.75 Å². The minimum absolute atomic E-state index is 0.0131. The van der Waals surface area contributed by atoms with E-state index in [2.05, 4.69) is 78.9 Å². The second-order valence-corrected chi connectivity index (χ2v) is 24.4. The molecule has 5 rings (SSSR count). The van der Waals surface area contributed by atoms with Gasteiger partial charge in [-0.05, 0) is 118 Å². The van der Waals surface area contributed by atoms with E-state index in [1.807, 2.05) is 31.2 Å². The third kappa shape index (κ3) is 13.6. The third-order valence-electron chi connectivity index (χ3n) is 14.0. The molecule has 1 spiro atoms. The molecule has 0 radical (unpaired) electrons. The normalized spacial score (nSPS) is 27.2. The van der Waals surface area contributed by atoms with E-state index in [9.17, 15) is 5.11 Å². The highest BCUT2D eigenvalue weighted by atomic mass is 28.4. The van der Waals surface area contributed by atoms with Gasteiger partial charge in [0.05, 0.1) is 56.9 Å². The van der Waals surface area contributed by atoms with E-state index >= 15 is 0 Å². The second kappa shape index (κ2) is 22.0. The highest BCUT2D eigenvalue weighted by Gasteiger charge is 2.53. The van der Waals surface area contributed by atoms with Crippen LogP contribution in [0.3, 0.4) is 0 Å². The number of hydrogen-bond donors (Lipinski definition) is 1. The molecule has 0 amide bonds. The van der Waals surface area contributed by atoms with Crippen LogP contribution in [0.25, 0.3) is 0 Å². The predicted octanol–water partition coefficient (Wildman–Crippen LogP) is 10.9. The summed E-state index contributed by atoms with van der Waals surface area (Å²) >= 11 is 0. The SMILES string of the molecule is COc1ccc(COC/C=C(\C)[C@H](OC)[C@@H](C)[C@H](C[C@H](O)/C(C)=C/C=C/[C@@H](C)[C@@H](CC2C[C@@H]3OC4(CCCC4)O[C@@H]3C2)OC2CCCCO2)O[Si](C)(C)C(C)(C)C)cc1. The van der Waals surface area contributed by atoms with E-state index in [-0.39, 0.29) is 59.5 Å². The maximum absolute atomic E-state index is 11.8. The highest BCUT2D eigenvalue weighted by molar-refractivity contribution is 6.74. The average molecular weight is 841 g/mol. The molecule has 2 saturated heterocycles. The Labute approximate surface area is 358 Å². The van der Waals surface area contributed by atoms with Crippen molar-refractivity contribution in [3.05, 3.63) is 65.3 Å². The van der Waals surface area contributed by atoms with Gasteiger partial charge < -0.3 is 42.7 Å². The van der Waals surface area contributed by atoms with Gasteiger partial charge in [-0.25, -0.2) is 0 Å². The predicted molar refractivity (Wildman–Crippen MR) is 238 cm³/mol. The van der Waals surface area contributed by atoms with Gasteiger partial charge in [0, 0.05) is 44.8 Å². The summed E-state index contributed by atoms with van der Waals surface area (Å²) in [5.41, 5.74) is 3.09. The van der Waals surface area contributed by atoms with Crippen LogP contribution >= 0.6 is 0 Å². The Balaban J connectivity index is 1.21. The van der Waals surface area contributed by atoms with Crippen molar-refractivity contribution in [2.24, 2.45) is 17.8 Å². The molecule has 59 heavy (non-hydrogen) atoms. The first kappa shape index (κ1) is 48.2. The summed E-state index contributed by atoms with van der Waals surface area (Å²) in [6.07, 6.45) is 18.8. The molecule has 1 aromatic carbocycles. The van der Waals surface area contributed by atoms with Gasteiger partial charge in [0.2, 0.25) is 0 Å². The van der Waals surface area contributed by atoms with Crippen molar-refractivity contribution in [2.75, 3.05) is 27.4 Å². The summed E-state index contributed by atoms with van der Waals surface area (Å²) in [6.45, 7) is 21.6. The molecule has 10 atom stereocenters. The molecule has 1 N–H and O–H groups in total.